The fraction of sp³-hybridized carbons (Fsp3) is 0.182. The molecule has 0 bridgehead atoms. The van der Waals surface area contributed by atoms with Crippen molar-refractivity contribution in [2.24, 2.45) is 5.92 Å². The van der Waals surface area contributed by atoms with E-state index < -0.39 is 5.97 Å². The average molecular weight is 334 g/mol. The molecule has 0 aliphatic heterocycles. The van der Waals surface area contributed by atoms with E-state index in [2.05, 4.69) is 4.74 Å². The van der Waals surface area contributed by atoms with Crippen LogP contribution in [-0.4, -0.2) is 19.4 Å². The molecule has 0 unspecified atom stereocenters. The Morgan fingerprint density at radius 2 is 1.64 bits per heavy atom. The van der Waals surface area contributed by atoms with Gasteiger partial charge in [-0.3, -0.25) is 0 Å². The monoisotopic (exact) mass is 334 g/mol. The Balaban J connectivity index is 2.33. The third-order valence-corrected chi connectivity index (χ3v) is 4.01. The molecule has 0 N–H and O–H groups in total. The van der Waals surface area contributed by atoms with Crippen LogP contribution in [0.1, 0.15) is 23.5 Å². The van der Waals surface area contributed by atoms with Crippen molar-refractivity contribution in [1.82, 2.24) is 0 Å². The van der Waals surface area contributed by atoms with Crippen LogP contribution >= 0.6 is 0 Å². The van der Waals surface area contributed by atoms with Gasteiger partial charge in [0.2, 0.25) is 0 Å². The summed E-state index contributed by atoms with van der Waals surface area (Å²) in [6.45, 7) is 0. The summed E-state index contributed by atoms with van der Waals surface area (Å²) in [5.74, 6) is -0.553. The van der Waals surface area contributed by atoms with Crippen molar-refractivity contribution in [3.63, 3.8) is 0 Å². The maximum atomic E-state index is 11.5. The van der Waals surface area contributed by atoms with Crippen molar-refractivity contribution < 1.29 is 14.3 Å². The Morgan fingerprint density at radius 3 is 2.24 bits per heavy atom. The van der Waals surface area contributed by atoms with E-state index in [9.17, 15) is 9.59 Å². The summed E-state index contributed by atoms with van der Waals surface area (Å²) >= 11 is 0. The molecule has 128 valence electrons. The van der Waals surface area contributed by atoms with Gasteiger partial charge in [0.05, 0.1) is 7.11 Å². The number of ether oxygens (including phenoxy) is 1. The maximum absolute atomic E-state index is 11.5. The number of rotatable bonds is 8. The van der Waals surface area contributed by atoms with Crippen LogP contribution in [0.4, 0.5) is 0 Å². The van der Waals surface area contributed by atoms with Gasteiger partial charge in [0.1, 0.15) is 6.29 Å². The number of esters is 1. The van der Waals surface area contributed by atoms with Crippen LogP contribution < -0.4 is 0 Å². The first kappa shape index (κ1) is 18.4. The molecule has 0 saturated heterocycles. The average Bonchev–Trinajstić information content (AvgIpc) is 2.68. The number of hydrogen-bond acceptors (Lipinski definition) is 3. The van der Waals surface area contributed by atoms with E-state index in [0.717, 1.165) is 17.4 Å². The van der Waals surface area contributed by atoms with Gasteiger partial charge in [-0.1, -0.05) is 78.9 Å². The summed E-state index contributed by atoms with van der Waals surface area (Å²) in [6.07, 6.45) is 8.54. The van der Waals surface area contributed by atoms with Gasteiger partial charge < -0.3 is 9.53 Å². The molecular formula is C22H22O3. The highest BCUT2D eigenvalue weighted by Crippen LogP contribution is 2.30. The number of carbonyl (C=O) groups is 2. The predicted molar refractivity (Wildman–Crippen MR) is 100.0 cm³/mol. The molecule has 0 spiro atoms. The third kappa shape index (κ3) is 5.88. The molecule has 0 aliphatic carbocycles. The SMILES string of the molecule is COC(=O)/C=C/[C@H](/C=C/c1ccccc1)[C@@H](CC=O)c1ccccc1. The topological polar surface area (TPSA) is 43.4 Å². The van der Waals surface area contributed by atoms with E-state index in [0.29, 0.717) is 6.42 Å². The Kier molecular flexibility index (Phi) is 7.39. The van der Waals surface area contributed by atoms with Crippen molar-refractivity contribution in [2.45, 2.75) is 12.3 Å². The number of methoxy groups -OCH3 is 1. The molecule has 2 aromatic carbocycles. The predicted octanol–water partition coefficient (Wildman–Crippen LogP) is 4.42. The molecule has 0 heterocycles. The lowest BCUT2D eigenvalue weighted by Gasteiger charge is -2.21. The number of benzene rings is 2. The second-order valence-corrected chi connectivity index (χ2v) is 5.65. The van der Waals surface area contributed by atoms with E-state index in [1.165, 1.54) is 13.2 Å². The largest absolute Gasteiger partial charge is 0.466 e. The number of aldehydes is 1. The van der Waals surface area contributed by atoms with Gasteiger partial charge in [-0.15, -0.1) is 0 Å². The minimum absolute atomic E-state index is 0.0421. The Labute approximate surface area is 148 Å². The van der Waals surface area contributed by atoms with Gasteiger partial charge in [0, 0.05) is 24.3 Å². The van der Waals surface area contributed by atoms with E-state index >= 15 is 0 Å². The number of hydrogen-bond donors (Lipinski definition) is 0. The second-order valence-electron chi connectivity index (χ2n) is 5.65. The molecule has 3 nitrogen and oxygen atoms in total. The van der Waals surface area contributed by atoms with Crippen molar-refractivity contribution in [2.75, 3.05) is 7.11 Å². The quantitative estimate of drug-likeness (QED) is 0.408. The molecule has 3 heteroatoms. The van der Waals surface area contributed by atoms with Crippen molar-refractivity contribution in [3.05, 3.63) is 90.0 Å². The van der Waals surface area contributed by atoms with E-state index in [4.69, 9.17) is 0 Å². The number of carbonyl (C=O) groups excluding carboxylic acids is 2. The molecule has 2 rings (SSSR count). The van der Waals surface area contributed by atoms with Crippen molar-refractivity contribution in [1.29, 1.82) is 0 Å². The molecular weight excluding hydrogens is 312 g/mol. The Hall–Kier alpha value is -2.94. The molecule has 0 amide bonds. The first-order chi connectivity index (χ1) is 12.2. The lowest BCUT2D eigenvalue weighted by molar-refractivity contribution is -0.134. The minimum atomic E-state index is -0.406. The zero-order valence-electron chi connectivity index (χ0n) is 14.2. The Morgan fingerprint density at radius 1 is 1.00 bits per heavy atom. The normalized spacial score (nSPS) is 13.6. The first-order valence-corrected chi connectivity index (χ1v) is 8.22. The zero-order valence-corrected chi connectivity index (χ0v) is 14.2. The minimum Gasteiger partial charge on any atom is -0.466 e. The standard InChI is InChI=1S/C22H22O3/c1-25-22(24)15-14-20(13-12-18-8-4-2-5-9-18)21(16-17-23)19-10-6-3-7-11-19/h2-15,17,20-21H,16H2,1H3/b13-12+,15-14+/t20-,21-/m0/s1. The van der Waals surface area contributed by atoms with E-state index in [-0.39, 0.29) is 11.8 Å². The fourth-order valence-electron chi connectivity index (χ4n) is 2.70. The molecule has 2 aromatic rings. The highest BCUT2D eigenvalue weighted by molar-refractivity contribution is 5.81. The van der Waals surface area contributed by atoms with Crippen LogP contribution in [-0.2, 0) is 14.3 Å². The second kappa shape index (κ2) is 10.0. The van der Waals surface area contributed by atoms with Crippen LogP contribution in [0.5, 0.6) is 0 Å². The third-order valence-electron chi connectivity index (χ3n) is 4.01. The smallest absolute Gasteiger partial charge is 0.330 e. The van der Waals surface area contributed by atoms with Gasteiger partial charge in [0.15, 0.2) is 0 Å². The van der Waals surface area contributed by atoms with Crippen LogP contribution in [0.2, 0.25) is 0 Å². The molecule has 0 saturated carbocycles. The molecule has 2 atom stereocenters. The lowest BCUT2D eigenvalue weighted by Crippen LogP contribution is -2.10. The van der Waals surface area contributed by atoms with Gasteiger partial charge in [0.25, 0.3) is 0 Å². The summed E-state index contributed by atoms with van der Waals surface area (Å²) in [5.41, 5.74) is 2.13. The van der Waals surface area contributed by atoms with Crippen LogP contribution in [0, 0.1) is 5.92 Å². The zero-order chi connectivity index (χ0) is 17.9. The molecule has 25 heavy (non-hydrogen) atoms. The molecule has 0 aliphatic rings. The van der Waals surface area contributed by atoms with Gasteiger partial charge in [-0.05, 0) is 11.1 Å². The van der Waals surface area contributed by atoms with Crippen LogP contribution in [0.25, 0.3) is 6.08 Å². The van der Waals surface area contributed by atoms with Crippen molar-refractivity contribution in [3.8, 4) is 0 Å². The van der Waals surface area contributed by atoms with E-state index in [1.54, 1.807) is 6.08 Å². The molecule has 0 fully saturated rings. The summed E-state index contributed by atoms with van der Waals surface area (Å²) in [5, 5.41) is 0. The maximum Gasteiger partial charge on any atom is 0.330 e. The van der Waals surface area contributed by atoms with Crippen LogP contribution in [0.3, 0.4) is 0 Å². The summed E-state index contributed by atoms with van der Waals surface area (Å²) in [7, 11) is 1.35. The highest BCUT2D eigenvalue weighted by atomic mass is 16.5. The van der Waals surface area contributed by atoms with Gasteiger partial charge >= 0.3 is 5.97 Å². The Bertz CT molecular complexity index is 717. The summed E-state index contributed by atoms with van der Waals surface area (Å²) < 4.78 is 4.69. The first-order valence-electron chi connectivity index (χ1n) is 8.22. The molecule has 0 radical (unpaired) electrons. The lowest BCUT2D eigenvalue weighted by atomic mass is 9.83. The van der Waals surface area contributed by atoms with Crippen LogP contribution in [0.15, 0.2) is 78.9 Å². The van der Waals surface area contributed by atoms with Gasteiger partial charge in [-0.25, -0.2) is 4.79 Å². The van der Waals surface area contributed by atoms with Crippen molar-refractivity contribution >= 4 is 18.3 Å². The van der Waals surface area contributed by atoms with Gasteiger partial charge in [-0.2, -0.15) is 0 Å². The van der Waals surface area contributed by atoms with E-state index in [1.807, 2.05) is 72.8 Å². The fourth-order valence-corrected chi connectivity index (χ4v) is 2.70. The summed E-state index contributed by atoms with van der Waals surface area (Å²) in [6, 6.07) is 19.8. The number of allylic oxidation sites excluding steroid dienone is 2. The highest BCUT2D eigenvalue weighted by Gasteiger charge is 2.19. The molecule has 0 aromatic heterocycles. The summed E-state index contributed by atoms with van der Waals surface area (Å²) in [4.78, 5) is 22.7.